The predicted octanol–water partition coefficient (Wildman–Crippen LogP) is 4.64. The van der Waals surface area contributed by atoms with E-state index in [0.717, 1.165) is 31.6 Å². The lowest BCUT2D eigenvalue weighted by Gasteiger charge is -2.38. The summed E-state index contributed by atoms with van der Waals surface area (Å²) < 4.78 is 5.53. The van der Waals surface area contributed by atoms with E-state index in [1.807, 2.05) is 0 Å². The number of rotatable bonds is 10. The molecule has 1 atom stereocenters. The summed E-state index contributed by atoms with van der Waals surface area (Å²) in [5, 5.41) is 3.74. The van der Waals surface area contributed by atoms with E-state index in [-0.39, 0.29) is 0 Å². The molecule has 0 saturated carbocycles. The van der Waals surface area contributed by atoms with Crippen LogP contribution in [-0.4, -0.2) is 26.3 Å². The van der Waals surface area contributed by atoms with E-state index >= 15 is 0 Å². The first kappa shape index (κ1) is 18.0. The van der Waals surface area contributed by atoms with Crippen molar-refractivity contribution in [3.63, 3.8) is 0 Å². The lowest BCUT2D eigenvalue weighted by molar-refractivity contribution is 0.0427. The van der Waals surface area contributed by atoms with Crippen molar-refractivity contribution in [3.8, 4) is 0 Å². The molecular weight excluding hydrogens is 246 g/mol. The average Bonchev–Trinajstić information content (AvgIpc) is 2.45. The molecule has 0 aliphatic carbocycles. The van der Waals surface area contributed by atoms with Gasteiger partial charge in [0.25, 0.3) is 0 Å². The summed E-state index contributed by atoms with van der Waals surface area (Å²) in [6, 6.07) is 0. The second kappa shape index (κ2) is 9.78. The zero-order valence-electron chi connectivity index (χ0n) is 14.3. The maximum Gasteiger partial charge on any atom is 0.0468 e. The molecule has 0 aromatic carbocycles. The van der Waals surface area contributed by atoms with Crippen molar-refractivity contribution in [3.05, 3.63) is 0 Å². The van der Waals surface area contributed by atoms with Gasteiger partial charge in [-0.1, -0.05) is 40.5 Å². The normalized spacial score (nSPS) is 20.2. The summed E-state index contributed by atoms with van der Waals surface area (Å²) in [6.07, 6.45) is 9.35. The molecule has 0 bridgehead atoms. The summed E-state index contributed by atoms with van der Waals surface area (Å²) >= 11 is 0. The second-order valence-electron chi connectivity index (χ2n) is 7.24. The molecule has 0 amide bonds. The Morgan fingerprint density at radius 3 is 2.45 bits per heavy atom. The molecule has 1 aliphatic heterocycles. The van der Waals surface area contributed by atoms with Crippen LogP contribution in [0.25, 0.3) is 0 Å². The quantitative estimate of drug-likeness (QED) is 0.631. The van der Waals surface area contributed by atoms with E-state index in [9.17, 15) is 0 Å². The van der Waals surface area contributed by atoms with E-state index in [4.69, 9.17) is 4.74 Å². The van der Waals surface area contributed by atoms with Gasteiger partial charge in [0, 0.05) is 19.8 Å². The topological polar surface area (TPSA) is 21.3 Å². The molecular formula is C18H37NO. The van der Waals surface area contributed by atoms with Gasteiger partial charge in [-0.2, -0.15) is 0 Å². The van der Waals surface area contributed by atoms with Gasteiger partial charge >= 0.3 is 0 Å². The summed E-state index contributed by atoms with van der Waals surface area (Å²) in [5.41, 5.74) is 0.521. The minimum Gasteiger partial charge on any atom is -0.381 e. The molecule has 120 valence electrons. The lowest BCUT2D eigenvalue weighted by Crippen LogP contribution is -2.38. The van der Waals surface area contributed by atoms with Crippen LogP contribution < -0.4 is 5.32 Å². The fourth-order valence-electron chi connectivity index (χ4n) is 3.45. The molecule has 2 heteroatoms. The Hall–Kier alpha value is -0.0800. The first-order chi connectivity index (χ1) is 9.62. The Bertz CT molecular complexity index is 236. The second-order valence-corrected chi connectivity index (χ2v) is 7.24. The van der Waals surface area contributed by atoms with Crippen LogP contribution in [0, 0.1) is 17.3 Å². The summed E-state index contributed by atoms with van der Waals surface area (Å²) in [7, 11) is 0. The van der Waals surface area contributed by atoms with Crippen LogP contribution in [0.1, 0.15) is 72.6 Å². The molecule has 1 unspecified atom stereocenters. The first-order valence-electron chi connectivity index (χ1n) is 8.90. The van der Waals surface area contributed by atoms with Gasteiger partial charge < -0.3 is 10.1 Å². The standard InChI is InChI=1S/C18H37NO/c1-5-7-10-18(6-2,15-19-14-16(3)4)13-17-8-11-20-12-9-17/h16-17,19H,5-15H2,1-4H3. The van der Waals surface area contributed by atoms with Crippen LogP contribution >= 0.6 is 0 Å². The maximum absolute atomic E-state index is 5.53. The van der Waals surface area contributed by atoms with Gasteiger partial charge in [0.05, 0.1) is 0 Å². The van der Waals surface area contributed by atoms with Crippen molar-refractivity contribution in [1.29, 1.82) is 0 Å². The van der Waals surface area contributed by atoms with Crippen LogP contribution in [0.15, 0.2) is 0 Å². The highest BCUT2D eigenvalue weighted by molar-refractivity contribution is 4.84. The minimum atomic E-state index is 0.521. The highest BCUT2D eigenvalue weighted by Crippen LogP contribution is 2.38. The van der Waals surface area contributed by atoms with E-state index in [1.165, 1.54) is 51.5 Å². The van der Waals surface area contributed by atoms with Crippen molar-refractivity contribution in [2.24, 2.45) is 17.3 Å². The molecule has 1 saturated heterocycles. The molecule has 1 N–H and O–H groups in total. The maximum atomic E-state index is 5.53. The largest absolute Gasteiger partial charge is 0.381 e. The molecule has 1 rings (SSSR count). The summed E-state index contributed by atoms with van der Waals surface area (Å²) in [6.45, 7) is 13.6. The van der Waals surface area contributed by atoms with Crippen molar-refractivity contribution in [2.75, 3.05) is 26.3 Å². The first-order valence-corrected chi connectivity index (χ1v) is 8.90. The van der Waals surface area contributed by atoms with Crippen LogP contribution in [0.4, 0.5) is 0 Å². The number of nitrogens with one attached hydrogen (secondary N) is 1. The smallest absolute Gasteiger partial charge is 0.0468 e. The van der Waals surface area contributed by atoms with Crippen molar-refractivity contribution in [2.45, 2.75) is 72.6 Å². The lowest BCUT2D eigenvalue weighted by atomic mass is 9.71. The Balaban J connectivity index is 2.54. The van der Waals surface area contributed by atoms with Gasteiger partial charge in [-0.15, -0.1) is 0 Å². The number of unbranched alkanes of at least 4 members (excludes halogenated alkanes) is 1. The van der Waals surface area contributed by atoms with Crippen LogP contribution in [0.3, 0.4) is 0 Å². The van der Waals surface area contributed by atoms with Gasteiger partial charge in [-0.05, 0) is 55.9 Å². The number of hydrogen-bond acceptors (Lipinski definition) is 2. The van der Waals surface area contributed by atoms with Gasteiger partial charge in [-0.3, -0.25) is 0 Å². The fourth-order valence-corrected chi connectivity index (χ4v) is 3.45. The molecule has 0 spiro atoms. The minimum absolute atomic E-state index is 0.521. The Kier molecular flexibility index (Phi) is 8.79. The highest BCUT2D eigenvalue weighted by atomic mass is 16.5. The molecule has 0 radical (unpaired) electrons. The third-order valence-corrected chi connectivity index (χ3v) is 4.93. The zero-order chi connectivity index (χ0) is 14.8. The van der Waals surface area contributed by atoms with Gasteiger partial charge in [0.2, 0.25) is 0 Å². The molecule has 2 nitrogen and oxygen atoms in total. The van der Waals surface area contributed by atoms with E-state index in [2.05, 4.69) is 33.0 Å². The van der Waals surface area contributed by atoms with Gasteiger partial charge in [-0.25, -0.2) is 0 Å². The molecule has 0 aromatic heterocycles. The number of ether oxygens (including phenoxy) is 1. The monoisotopic (exact) mass is 283 g/mol. The van der Waals surface area contributed by atoms with Gasteiger partial charge in [0.1, 0.15) is 0 Å². The summed E-state index contributed by atoms with van der Waals surface area (Å²) in [4.78, 5) is 0. The number of hydrogen-bond donors (Lipinski definition) is 1. The van der Waals surface area contributed by atoms with Crippen LogP contribution in [0.5, 0.6) is 0 Å². The van der Waals surface area contributed by atoms with E-state index in [0.29, 0.717) is 5.41 Å². The van der Waals surface area contributed by atoms with Crippen molar-refractivity contribution in [1.82, 2.24) is 5.32 Å². The SMILES string of the molecule is CCCCC(CC)(CNCC(C)C)CC1CCOCC1. The molecule has 1 aliphatic rings. The van der Waals surface area contributed by atoms with Crippen LogP contribution in [-0.2, 0) is 4.74 Å². The Labute approximate surface area is 127 Å². The average molecular weight is 284 g/mol. The molecule has 20 heavy (non-hydrogen) atoms. The third-order valence-electron chi connectivity index (χ3n) is 4.93. The van der Waals surface area contributed by atoms with Crippen molar-refractivity contribution >= 4 is 0 Å². The zero-order valence-corrected chi connectivity index (χ0v) is 14.3. The Morgan fingerprint density at radius 2 is 1.90 bits per heavy atom. The molecule has 1 heterocycles. The van der Waals surface area contributed by atoms with E-state index in [1.54, 1.807) is 0 Å². The molecule has 0 aromatic rings. The van der Waals surface area contributed by atoms with Gasteiger partial charge in [0.15, 0.2) is 0 Å². The Morgan fingerprint density at radius 1 is 1.20 bits per heavy atom. The predicted molar refractivity (Wildman–Crippen MR) is 88.1 cm³/mol. The molecule has 1 fully saturated rings. The van der Waals surface area contributed by atoms with Crippen LogP contribution in [0.2, 0.25) is 0 Å². The van der Waals surface area contributed by atoms with E-state index < -0.39 is 0 Å². The third kappa shape index (κ3) is 6.58. The highest BCUT2D eigenvalue weighted by Gasteiger charge is 2.31. The fraction of sp³-hybridized carbons (Fsp3) is 1.00. The summed E-state index contributed by atoms with van der Waals surface area (Å²) in [5.74, 6) is 1.64. The van der Waals surface area contributed by atoms with Crippen molar-refractivity contribution < 1.29 is 4.74 Å².